The van der Waals surface area contributed by atoms with E-state index in [2.05, 4.69) is 44.3 Å². The van der Waals surface area contributed by atoms with Crippen molar-refractivity contribution in [1.82, 2.24) is 5.32 Å². The van der Waals surface area contributed by atoms with Gasteiger partial charge >= 0.3 is 0 Å². The van der Waals surface area contributed by atoms with Gasteiger partial charge in [-0.05, 0) is 60.9 Å². The molecule has 0 fully saturated rings. The Balaban J connectivity index is 1.38. The van der Waals surface area contributed by atoms with Crippen molar-refractivity contribution in [3.8, 4) is 0 Å². The summed E-state index contributed by atoms with van der Waals surface area (Å²) in [5.74, 6) is 0.0613. The zero-order chi connectivity index (χ0) is 21.3. The molecule has 0 bridgehead atoms. The van der Waals surface area contributed by atoms with E-state index in [9.17, 15) is 9.59 Å². The molecule has 0 unspecified atom stereocenters. The summed E-state index contributed by atoms with van der Waals surface area (Å²) in [6.45, 7) is 6.82. The average molecular weight is 401 g/mol. The van der Waals surface area contributed by atoms with Crippen LogP contribution in [0.25, 0.3) is 10.8 Å². The van der Waals surface area contributed by atoms with Gasteiger partial charge in [-0.15, -0.1) is 0 Å². The van der Waals surface area contributed by atoms with Crippen LogP contribution in [0.15, 0.2) is 54.6 Å². The molecule has 4 nitrogen and oxygen atoms in total. The maximum absolute atomic E-state index is 12.8. The van der Waals surface area contributed by atoms with Crippen LogP contribution in [0.3, 0.4) is 0 Å². The van der Waals surface area contributed by atoms with Gasteiger partial charge in [0.25, 0.3) is 5.91 Å². The number of aryl methyl sites for hydroxylation is 2. The quantitative estimate of drug-likeness (QED) is 0.572. The third-order valence-corrected chi connectivity index (χ3v) is 6.11. The molecule has 1 atom stereocenters. The van der Waals surface area contributed by atoms with E-state index in [1.165, 1.54) is 11.1 Å². The number of hydrogen-bond donors (Lipinski definition) is 1. The minimum atomic E-state index is 0.0169. The molecule has 0 aliphatic carbocycles. The fourth-order valence-electron chi connectivity index (χ4n) is 4.27. The summed E-state index contributed by atoms with van der Waals surface area (Å²) >= 11 is 0. The van der Waals surface area contributed by atoms with Gasteiger partial charge in [0.05, 0.1) is 11.7 Å². The van der Waals surface area contributed by atoms with E-state index in [0.29, 0.717) is 19.4 Å². The molecule has 2 amide bonds. The minimum Gasteiger partial charge on any atom is -0.349 e. The third-order valence-electron chi connectivity index (χ3n) is 6.11. The van der Waals surface area contributed by atoms with E-state index >= 15 is 0 Å². The van der Waals surface area contributed by atoms with Gasteiger partial charge in [-0.25, -0.2) is 0 Å². The van der Waals surface area contributed by atoms with Crippen LogP contribution in [0, 0.1) is 13.8 Å². The van der Waals surface area contributed by atoms with Crippen molar-refractivity contribution in [1.29, 1.82) is 0 Å². The molecule has 3 aromatic rings. The van der Waals surface area contributed by atoms with Gasteiger partial charge in [-0.1, -0.05) is 49.4 Å². The molecule has 0 saturated heterocycles. The molecule has 1 N–H and O–H groups in total. The lowest BCUT2D eigenvalue weighted by molar-refractivity contribution is -0.121. The first-order valence-electron chi connectivity index (χ1n) is 10.7. The summed E-state index contributed by atoms with van der Waals surface area (Å²) in [5.41, 5.74) is 5.35. The van der Waals surface area contributed by atoms with Crippen LogP contribution >= 0.6 is 0 Å². The summed E-state index contributed by atoms with van der Waals surface area (Å²) in [4.78, 5) is 27.2. The van der Waals surface area contributed by atoms with E-state index in [0.717, 1.165) is 34.0 Å². The lowest BCUT2D eigenvalue weighted by Crippen LogP contribution is -2.31. The Kier molecular flexibility index (Phi) is 5.58. The number of nitrogens with one attached hydrogen (secondary N) is 1. The summed E-state index contributed by atoms with van der Waals surface area (Å²) < 4.78 is 0. The summed E-state index contributed by atoms with van der Waals surface area (Å²) in [6, 6.07) is 18.2. The maximum Gasteiger partial charge on any atom is 0.258 e. The fraction of sp³-hybridized carbons (Fsp3) is 0.308. The molecule has 0 aromatic heterocycles. The van der Waals surface area contributed by atoms with Crippen molar-refractivity contribution >= 4 is 28.3 Å². The SMILES string of the molecule is CC[C@@H](NC(=O)CCCN1C(=O)c2cccc3cccc1c23)c1ccc(C)c(C)c1. The topological polar surface area (TPSA) is 49.4 Å². The number of hydrogen-bond acceptors (Lipinski definition) is 2. The molecule has 3 aromatic carbocycles. The second kappa shape index (κ2) is 8.31. The molecule has 1 heterocycles. The number of benzene rings is 3. The summed E-state index contributed by atoms with van der Waals surface area (Å²) in [6.07, 6.45) is 1.87. The monoisotopic (exact) mass is 400 g/mol. The predicted molar refractivity (Wildman–Crippen MR) is 122 cm³/mol. The van der Waals surface area contributed by atoms with Gasteiger partial charge in [0.15, 0.2) is 0 Å². The van der Waals surface area contributed by atoms with Crippen molar-refractivity contribution in [3.05, 3.63) is 76.9 Å². The van der Waals surface area contributed by atoms with Crippen molar-refractivity contribution < 1.29 is 9.59 Å². The zero-order valence-corrected chi connectivity index (χ0v) is 17.9. The van der Waals surface area contributed by atoms with Crippen LogP contribution in [-0.2, 0) is 4.79 Å². The Labute approximate surface area is 177 Å². The van der Waals surface area contributed by atoms with Crippen LogP contribution in [0.4, 0.5) is 5.69 Å². The first-order chi connectivity index (χ1) is 14.5. The highest BCUT2D eigenvalue weighted by atomic mass is 16.2. The lowest BCUT2D eigenvalue weighted by Gasteiger charge is -2.20. The first-order valence-corrected chi connectivity index (χ1v) is 10.7. The standard InChI is InChI=1S/C26H28N2O2/c1-4-22(20-14-13-17(2)18(3)16-20)27-24(29)12-7-15-28-23-11-6-9-19-8-5-10-21(25(19)23)26(28)30/h5-6,8-11,13-14,16,22H,4,7,12,15H2,1-3H3,(H,27,29)/t22-/m1/s1. The smallest absolute Gasteiger partial charge is 0.258 e. The van der Waals surface area contributed by atoms with E-state index in [1.54, 1.807) is 0 Å². The summed E-state index contributed by atoms with van der Waals surface area (Å²) in [5, 5.41) is 5.27. The van der Waals surface area contributed by atoms with E-state index in [-0.39, 0.29) is 17.9 Å². The number of nitrogens with zero attached hydrogens (tertiary/aromatic N) is 1. The molecule has 4 heteroatoms. The average Bonchev–Trinajstić information content (AvgIpc) is 3.02. The second-order valence-corrected chi connectivity index (χ2v) is 8.11. The zero-order valence-electron chi connectivity index (χ0n) is 17.9. The van der Waals surface area contributed by atoms with Crippen LogP contribution in [0.5, 0.6) is 0 Å². The Morgan fingerprint density at radius 3 is 2.53 bits per heavy atom. The summed E-state index contributed by atoms with van der Waals surface area (Å²) in [7, 11) is 0. The van der Waals surface area contributed by atoms with E-state index in [4.69, 9.17) is 0 Å². The van der Waals surface area contributed by atoms with Gasteiger partial charge in [0.2, 0.25) is 5.91 Å². The van der Waals surface area contributed by atoms with Gasteiger partial charge in [0, 0.05) is 23.9 Å². The minimum absolute atomic E-state index is 0.0169. The molecular weight excluding hydrogens is 372 g/mol. The first kappa shape index (κ1) is 20.1. The lowest BCUT2D eigenvalue weighted by atomic mass is 9.99. The van der Waals surface area contributed by atoms with E-state index in [1.807, 2.05) is 41.3 Å². The van der Waals surface area contributed by atoms with Gasteiger partial charge in [0.1, 0.15) is 0 Å². The van der Waals surface area contributed by atoms with Gasteiger partial charge < -0.3 is 10.2 Å². The largest absolute Gasteiger partial charge is 0.349 e. The molecule has 4 rings (SSSR count). The number of rotatable bonds is 7. The Hall–Kier alpha value is -3.14. The Morgan fingerprint density at radius 2 is 1.80 bits per heavy atom. The predicted octanol–water partition coefficient (Wildman–Crippen LogP) is 5.46. The number of amides is 2. The van der Waals surface area contributed by atoms with E-state index < -0.39 is 0 Å². The maximum atomic E-state index is 12.8. The van der Waals surface area contributed by atoms with Crippen molar-refractivity contribution in [2.45, 2.75) is 46.1 Å². The highest BCUT2D eigenvalue weighted by Gasteiger charge is 2.29. The van der Waals surface area contributed by atoms with Crippen molar-refractivity contribution in [2.75, 3.05) is 11.4 Å². The fourth-order valence-corrected chi connectivity index (χ4v) is 4.27. The van der Waals surface area contributed by atoms with Crippen LogP contribution in [0.1, 0.15) is 59.3 Å². The molecule has 1 aliphatic rings. The molecule has 0 saturated carbocycles. The van der Waals surface area contributed by atoms with Crippen LogP contribution < -0.4 is 10.2 Å². The van der Waals surface area contributed by atoms with Crippen LogP contribution in [-0.4, -0.2) is 18.4 Å². The number of carbonyl (C=O) groups is 2. The number of anilines is 1. The molecule has 1 aliphatic heterocycles. The highest BCUT2D eigenvalue weighted by molar-refractivity contribution is 6.25. The van der Waals surface area contributed by atoms with Crippen molar-refractivity contribution in [2.24, 2.45) is 0 Å². The number of carbonyl (C=O) groups excluding carboxylic acids is 2. The molecule has 0 spiro atoms. The normalized spacial score (nSPS) is 13.7. The van der Waals surface area contributed by atoms with Crippen molar-refractivity contribution in [3.63, 3.8) is 0 Å². The molecule has 154 valence electrons. The molecule has 0 radical (unpaired) electrons. The molecule has 30 heavy (non-hydrogen) atoms. The molecular formula is C26H28N2O2. The Morgan fingerprint density at radius 1 is 1.03 bits per heavy atom. The highest BCUT2D eigenvalue weighted by Crippen LogP contribution is 2.37. The third kappa shape index (κ3) is 3.70. The second-order valence-electron chi connectivity index (χ2n) is 8.11. The van der Waals surface area contributed by atoms with Crippen LogP contribution in [0.2, 0.25) is 0 Å². The van der Waals surface area contributed by atoms with Gasteiger partial charge in [-0.2, -0.15) is 0 Å². The Bertz CT molecular complexity index is 1110. The van der Waals surface area contributed by atoms with Gasteiger partial charge in [-0.3, -0.25) is 9.59 Å².